The van der Waals surface area contributed by atoms with E-state index in [9.17, 15) is 9.67 Å². The first-order valence-corrected chi connectivity index (χ1v) is 7.61. The Kier molecular flexibility index (Phi) is 4.36. The fourth-order valence-corrected chi connectivity index (χ4v) is 3.84. The van der Waals surface area contributed by atoms with Crippen molar-refractivity contribution in [1.82, 2.24) is 0 Å². The summed E-state index contributed by atoms with van der Waals surface area (Å²) >= 11 is 0. The van der Waals surface area contributed by atoms with Crippen molar-refractivity contribution in [3.63, 3.8) is 0 Å². The SMILES string of the molecule is COP1(=O)CC(O)C=C1COCc1ccccc1. The molecule has 0 amide bonds. The van der Waals surface area contributed by atoms with Gasteiger partial charge in [-0.25, -0.2) is 0 Å². The van der Waals surface area contributed by atoms with E-state index in [2.05, 4.69) is 0 Å². The summed E-state index contributed by atoms with van der Waals surface area (Å²) < 4.78 is 22.8. The fraction of sp³-hybridized carbons (Fsp3) is 0.385. The maximum absolute atomic E-state index is 12.2. The van der Waals surface area contributed by atoms with Crippen LogP contribution in [0.5, 0.6) is 0 Å². The smallest absolute Gasteiger partial charge is 0.232 e. The van der Waals surface area contributed by atoms with Crippen LogP contribution < -0.4 is 0 Å². The summed E-state index contributed by atoms with van der Waals surface area (Å²) in [5.41, 5.74) is 1.06. The van der Waals surface area contributed by atoms with Crippen molar-refractivity contribution in [2.75, 3.05) is 19.9 Å². The van der Waals surface area contributed by atoms with Crippen molar-refractivity contribution in [1.29, 1.82) is 0 Å². The van der Waals surface area contributed by atoms with E-state index in [1.165, 1.54) is 7.11 Å². The summed E-state index contributed by atoms with van der Waals surface area (Å²) in [5, 5.41) is 10.1. The van der Waals surface area contributed by atoms with E-state index in [-0.39, 0.29) is 12.8 Å². The molecule has 1 heterocycles. The zero-order valence-electron chi connectivity index (χ0n) is 10.3. The van der Waals surface area contributed by atoms with Gasteiger partial charge in [0.2, 0.25) is 7.37 Å². The Morgan fingerprint density at radius 2 is 2.06 bits per heavy atom. The van der Waals surface area contributed by atoms with Crippen LogP contribution in [0.1, 0.15) is 5.56 Å². The van der Waals surface area contributed by atoms with Gasteiger partial charge in [0.25, 0.3) is 0 Å². The van der Waals surface area contributed by atoms with Gasteiger partial charge >= 0.3 is 0 Å². The first-order valence-electron chi connectivity index (χ1n) is 5.80. The Hall–Kier alpha value is -0.930. The van der Waals surface area contributed by atoms with E-state index in [1.807, 2.05) is 30.3 Å². The van der Waals surface area contributed by atoms with E-state index >= 15 is 0 Å². The van der Waals surface area contributed by atoms with E-state index in [0.29, 0.717) is 11.9 Å². The lowest BCUT2D eigenvalue weighted by molar-refractivity contribution is 0.145. The summed E-state index contributed by atoms with van der Waals surface area (Å²) in [4.78, 5) is 0. The highest BCUT2D eigenvalue weighted by Gasteiger charge is 2.36. The van der Waals surface area contributed by atoms with Crippen LogP contribution >= 0.6 is 7.37 Å². The van der Waals surface area contributed by atoms with Gasteiger partial charge in [-0.3, -0.25) is 4.57 Å². The predicted octanol–water partition coefficient (Wildman–Crippen LogP) is 2.39. The van der Waals surface area contributed by atoms with Gasteiger partial charge in [0, 0.05) is 12.4 Å². The second kappa shape index (κ2) is 5.81. The van der Waals surface area contributed by atoms with Gasteiger partial charge in [-0.1, -0.05) is 30.3 Å². The topological polar surface area (TPSA) is 55.8 Å². The van der Waals surface area contributed by atoms with Crippen LogP contribution in [0.2, 0.25) is 0 Å². The average molecular weight is 268 g/mol. The van der Waals surface area contributed by atoms with Gasteiger partial charge < -0.3 is 14.4 Å². The van der Waals surface area contributed by atoms with Gasteiger partial charge in [-0.2, -0.15) is 0 Å². The number of rotatable bonds is 5. The quantitative estimate of drug-likeness (QED) is 0.833. The monoisotopic (exact) mass is 268 g/mol. The Morgan fingerprint density at radius 3 is 2.72 bits per heavy atom. The molecule has 0 aliphatic carbocycles. The van der Waals surface area contributed by atoms with Gasteiger partial charge in [-0.05, 0) is 11.6 Å². The first-order chi connectivity index (χ1) is 8.64. The molecule has 0 spiro atoms. The van der Waals surface area contributed by atoms with E-state index in [1.54, 1.807) is 6.08 Å². The molecule has 0 fully saturated rings. The minimum Gasteiger partial charge on any atom is -0.388 e. The number of aliphatic hydroxyl groups excluding tert-OH is 1. The average Bonchev–Trinajstić information content (AvgIpc) is 2.66. The number of ether oxygens (including phenoxy) is 1. The molecule has 98 valence electrons. The molecular weight excluding hydrogens is 251 g/mol. The van der Waals surface area contributed by atoms with Gasteiger partial charge in [-0.15, -0.1) is 0 Å². The summed E-state index contributed by atoms with van der Waals surface area (Å²) in [6.07, 6.45) is 1.05. The third-order valence-electron chi connectivity index (χ3n) is 2.91. The maximum Gasteiger partial charge on any atom is 0.232 e. The van der Waals surface area contributed by atoms with E-state index in [4.69, 9.17) is 9.26 Å². The van der Waals surface area contributed by atoms with Crippen LogP contribution in [0.4, 0.5) is 0 Å². The highest BCUT2D eigenvalue weighted by Crippen LogP contribution is 2.58. The molecule has 0 radical (unpaired) electrons. The summed E-state index contributed by atoms with van der Waals surface area (Å²) in [6, 6.07) is 9.76. The molecule has 1 aliphatic heterocycles. The fourth-order valence-electron chi connectivity index (χ4n) is 1.94. The van der Waals surface area contributed by atoms with Crippen molar-refractivity contribution in [2.45, 2.75) is 12.7 Å². The van der Waals surface area contributed by atoms with Crippen LogP contribution in [0.15, 0.2) is 41.7 Å². The molecule has 4 nitrogen and oxygen atoms in total. The largest absolute Gasteiger partial charge is 0.388 e. The minimum atomic E-state index is -2.85. The van der Waals surface area contributed by atoms with Gasteiger partial charge in [0.05, 0.1) is 25.5 Å². The second-order valence-corrected chi connectivity index (χ2v) is 6.89. The third-order valence-corrected chi connectivity index (χ3v) is 5.50. The Balaban J connectivity index is 1.90. The summed E-state index contributed by atoms with van der Waals surface area (Å²) in [6.45, 7) is 0.690. The summed E-state index contributed by atoms with van der Waals surface area (Å²) in [5.74, 6) is 0. The minimum absolute atomic E-state index is 0.160. The lowest BCUT2D eigenvalue weighted by Gasteiger charge is -2.14. The molecule has 2 atom stereocenters. The number of benzene rings is 1. The number of hydrogen-bond donors (Lipinski definition) is 1. The van der Waals surface area contributed by atoms with E-state index < -0.39 is 13.5 Å². The third kappa shape index (κ3) is 3.09. The zero-order chi connectivity index (χ0) is 13.0. The normalized spacial score (nSPS) is 27.2. The van der Waals surface area contributed by atoms with Gasteiger partial charge in [0.1, 0.15) is 0 Å². The molecule has 1 aliphatic rings. The standard InChI is InChI=1S/C13H17O4P/c1-16-18(15)10-12(14)7-13(18)9-17-8-11-5-3-2-4-6-11/h2-7,12,14H,8-10H2,1H3. The molecule has 0 aromatic heterocycles. The van der Waals surface area contributed by atoms with Crippen LogP contribution in [-0.4, -0.2) is 31.1 Å². The first kappa shape index (κ1) is 13.5. The second-order valence-electron chi connectivity index (χ2n) is 4.24. The Morgan fingerprint density at radius 1 is 1.33 bits per heavy atom. The number of hydrogen-bond acceptors (Lipinski definition) is 4. The van der Waals surface area contributed by atoms with Crippen molar-refractivity contribution in [2.24, 2.45) is 0 Å². The number of aliphatic hydroxyl groups is 1. The molecule has 2 unspecified atom stereocenters. The molecule has 18 heavy (non-hydrogen) atoms. The Bertz CT molecular complexity index is 469. The predicted molar refractivity (Wildman–Crippen MR) is 69.7 cm³/mol. The van der Waals surface area contributed by atoms with Gasteiger partial charge in [0.15, 0.2) is 0 Å². The van der Waals surface area contributed by atoms with Crippen LogP contribution in [0, 0.1) is 0 Å². The molecule has 5 heteroatoms. The lowest BCUT2D eigenvalue weighted by Crippen LogP contribution is -2.03. The van der Waals surface area contributed by atoms with Crippen molar-refractivity contribution >= 4 is 7.37 Å². The zero-order valence-corrected chi connectivity index (χ0v) is 11.2. The molecule has 1 aromatic rings. The summed E-state index contributed by atoms with van der Waals surface area (Å²) in [7, 11) is -1.45. The van der Waals surface area contributed by atoms with Crippen LogP contribution in [-0.2, 0) is 20.4 Å². The Labute approximate surface area is 107 Å². The maximum atomic E-state index is 12.2. The van der Waals surface area contributed by atoms with Crippen LogP contribution in [0.3, 0.4) is 0 Å². The van der Waals surface area contributed by atoms with Crippen molar-refractivity contribution < 1.29 is 18.9 Å². The highest BCUT2D eigenvalue weighted by molar-refractivity contribution is 7.63. The van der Waals surface area contributed by atoms with E-state index in [0.717, 1.165) is 5.56 Å². The molecule has 0 saturated carbocycles. The molecular formula is C13H17O4P. The molecule has 1 aromatic carbocycles. The molecule has 0 saturated heterocycles. The highest BCUT2D eigenvalue weighted by atomic mass is 31.2. The lowest BCUT2D eigenvalue weighted by atomic mass is 10.2. The molecule has 0 bridgehead atoms. The molecule has 1 N–H and O–H groups in total. The van der Waals surface area contributed by atoms with Crippen LogP contribution in [0.25, 0.3) is 0 Å². The molecule has 2 rings (SSSR count). The van der Waals surface area contributed by atoms with Crippen molar-refractivity contribution in [3.8, 4) is 0 Å². The van der Waals surface area contributed by atoms with Crippen molar-refractivity contribution in [3.05, 3.63) is 47.3 Å².